The molecule has 0 bridgehead atoms. The fraction of sp³-hybridized carbons (Fsp3) is 0.217. The van der Waals surface area contributed by atoms with E-state index in [1.54, 1.807) is 6.92 Å². The quantitative estimate of drug-likeness (QED) is 0.488. The van der Waals surface area contributed by atoms with Crippen LogP contribution in [0.1, 0.15) is 18.1 Å². The molecule has 1 aliphatic rings. The summed E-state index contributed by atoms with van der Waals surface area (Å²) in [7, 11) is 0. The second-order valence-corrected chi connectivity index (χ2v) is 7.18. The number of hydrogen-bond acceptors (Lipinski definition) is 8. The van der Waals surface area contributed by atoms with E-state index in [1.807, 2.05) is 0 Å². The van der Waals surface area contributed by atoms with Crippen molar-refractivity contribution in [3.8, 4) is 5.88 Å². The fourth-order valence-electron chi connectivity index (χ4n) is 2.98. The van der Waals surface area contributed by atoms with Gasteiger partial charge in [0, 0.05) is 5.56 Å². The number of aliphatic hydroxyl groups is 2. The molecule has 0 spiro atoms. The molecule has 35 heavy (non-hydrogen) atoms. The SMILES string of the molecule is C=C1C=CC(c2ccccc2C(F)(F)F)=NN1/C(=C\C)C(=O)Nc1cnc(OCC(O)CO)cn1. The second kappa shape index (κ2) is 10.9. The highest BCUT2D eigenvalue weighted by Crippen LogP contribution is 2.33. The van der Waals surface area contributed by atoms with E-state index in [-0.39, 0.29) is 41.0 Å². The summed E-state index contributed by atoms with van der Waals surface area (Å²) in [5, 5.41) is 26.0. The van der Waals surface area contributed by atoms with Crippen LogP contribution in [-0.4, -0.2) is 56.1 Å². The van der Waals surface area contributed by atoms with Crippen LogP contribution in [0.5, 0.6) is 5.88 Å². The third-order valence-electron chi connectivity index (χ3n) is 4.66. The van der Waals surface area contributed by atoms with Gasteiger partial charge in [-0.25, -0.2) is 15.0 Å². The van der Waals surface area contributed by atoms with Crippen LogP contribution in [0.15, 0.2) is 78.0 Å². The summed E-state index contributed by atoms with van der Waals surface area (Å²) < 4.78 is 45.6. The van der Waals surface area contributed by atoms with E-state index in [0.29, 0.717) is 0 Å². The van der Waals surface area contributed by atoms with Crippen molar-refractivity contribution in [2.24, 2.45) is 5.10 Å². The molecule has 0 radical (unpaired) electrons. The zero-order chi connectivity index (χ0) is 25.6. The molecule has 1 unspecified atom stereocenters. The molecule has 184 valence electrons. The molecule has 1 aromatic heterocycles. The van der Waals surface area contributed by atoms with Gasteiger partial charge < -0.3 is 20.3 Å². The predicted molar refractivity (Wildman–Crippen MR) is 121 cm³/mol. The van der Waals surface area contributed by atoms with Crippen molar-refractivity contribution in [2.45, 2.75) is 19.2 Å². The molecule has 0 fully saturated rings. The number of anilines is 1. The van der Waals surface area contributed by atoms with Gasteiger partial charge in [0.2, 0.25) is 5.88 Å². The first-order valence-electron chi connectivity index (χ1n) is 10.3. The van der Waals surface area contributed by atoms with Crippen LogP contribution in [0, 0.1) is 0 Å². The molecule has 12 heteroatoms. The number of carbonyl (C=O) groups excluding carboxylic acids is 1. The minimum atomic E-state index is -4.59. The van der Waals surface area contributed by atoms with Crippen molar-refractivity contribution in [1.82, 2.24) is 15.0 Å². The van der Waals surface area contributed by atoms with Crippen molar-refractivity contribution in [2.75, 3.05) is 18.5 Å². The number of allylic oxidation sites excluding steroid dienone is 3. The van der Waals surface area contributed by atoms with Crippen LogP contribution in [0.25, 0.3) is 0 Å². The lowest BCUT2D eigenvalue weighted by molar-refractivity contribution is -0.137. The molecule has 0 aliphatic carbocycles. The third-order valence-corrected chi connectivity index (χ3v) is 4.66. The number of carbonyl (C=O) groups is 1. The van der Waals surface area contributed by atoms with Gasteiger partial charge in [-0.3, -0.25) is 4.79 Å². The number of halogens is 3. The van der Waals surface area contributed by atoms with Crippen LogP contribution in [0.2, 0.25) is 0 Å². The number of ether oxygens (including phenoxy) is 1. The highest BCUT2D eigenvalue weighted by atomic mass is 19.4. The Morgan fingerprint density at radius 3 is 2.63 bits per heavy atom. The molecule has 3 N–H and O–H groups in total. The molecule has 9 nitrogen and oxygen atoms in total. The van der Waals surface area contributed by atoms with E-state index in [4.69, 9.17) is 9.84 Å². The molecule has 0 saturated carbocycles. The number of nitrogens with zero attached hydrogens (tertiary/aromatic N) is 4. The number of aliphatic hydroxyl groups excluding tert-OH is 2. The number of benzene rings is 1. The van der Waals surface area contributed by atoms with Gasteiger partial charge in [-0.2, -0.15) is 18.3 Å². The molecule has 1 atom stereocenters. The number of amides is 1. The average Bonchev–Trinajstić information content (AvgIpc) is 2.84. The summed E-state index contributed by atoms with van der Waals surface area (Å²) in [4.78, 5) is 20.8. The van der Waals surface area contributed by atoms with Crippen molar-refractivity contribution in [3.63, 3.8) is 0 Å². The summed E-state index contributed by atoms with van der Waals surface area (Å²) in [5.41, 5.74) is -0.735. The normalized spacial score (nSPS) is 15.0. The Kier molecular flexibility index (Phi) is 7.99. The molecular formula is C23H22F3N5O4. The Bertz CT molecular complexity index is 1180. The standard InChI is InChI=1S/C23H22F3N5O4/c1-3-19(22(34)29-20-10-28-21(11-27-20)35-13-15(33)12-32)31-14(2)8-9-18(30-31)16-6-4-5-7-17(16)23(24,25)26/h3-11,15,32-33H,2,12-13H2,1H3,(H,27,29,34)/b19-3-. The molecule has 2 heterocycles. The Labute approximate surface area is 198 Å². The van der Waals surface area contributed by atoms with Gasteiger partial charge in [-0.15, -0.1) is 0 Å². The fourth-order valence-corrected chi connectivity index (χ4v) is 2.98. The lowest BCUT2D eigenvalue weighted by Gasteiger charge is -2.26. The van der Waals surface area contributed by atoms with E-state index in [2.05, 4.69) is 27.0 Å². The van der Waals surface area contributed by atoms with E-state index in [1.165, 1.54) is 48.8 Å². The monoisotopic (exact) mass is 489 g/mol. The highest BCUT2D eigenvalue weighted by Gasteiger charge is 2.34. The first-order valence-corrected chi connectivity index (χ1v) is 10.3. The molecule has 3 rings (SSSR count). The van der Waals surface area contributed by atoms with E-state index in [9.17, 15) is 23.1 Å². The predicted octanol–water partition coefficient (Wildman–Crippen LogP) is 2.86. The van der Waals surface area contributed by atoms with E-state index in [0.717, 1.165) is 11.1 Å². The van der Waals surface area contributed by atoms with Crippen LogP contribution < -0.4 is 10.1 Å². The molecule has 0 saturated heterocycles. The first-order chi connectivity index (χ1) is 16.6. The first kappa shape index (κ1) is 25.6. The maximum absolute atomic E-state index is 13.5. The average molecular weight is 489 g/mol. The number of alkyl halides is 3. The van der Waals surface area contributed by atoms with Gasteiger partial charge in [-0.1, -0.05) is 30.9 Å². The van der Waals surface area contributed by atoms with Gasteiger partial charge in [-0.05, 0) is 25.1 Å². The number of aromatic nitrogens is 2. The minimum Gasteiger partial charge on any atom is -0.474 e. The lowest BCUT2D eigenvalue weighted by atomic mass is 10.0. The van der Waals surface area contributed by atoms with Crippen molar-refractivity contribution < 1.29 is 32.9 Å². The highest BCUT2D eigenvalue weighted by molar-refractivity contribution is 6.11. The van der Waals surface area contributed by atoms with Gasteiger partial charge in [0.1, 0.15) is 18.4 Å². The van der Waals surface area contributed by atoms with Gasteiger partial charge >= 0.3 is 6.18 Å². The topological polar surface area (TPSA) is 120 Å². The maximum Gasteiger partial charge on any atom is 0.417 e. The summed E-state index contributed by atoms with van der Waals surface area (Å²) in [6, 6.07) is 5.01. The number of hydrogen-bond donors (Lipinski definition) is 3. The van der Waals surface area contributed by atoms with Crippen LogP contribution in [-0.2, 0) is 11.0 Å². The van der Waals surface area contributed by atoms with Crippen LogP contribution in [0.3, 0.4) is 0 Å². The largest absolute Gasteiger partial charge is 0.474 e. The van der Waals surface area contributed by atoms with Gasteiger partial charge in [0.15, 0.2) is 5.82 Å². The summed E-state index contributed by atoms with van der Waals surface area (Å²) in [6.07, 6.45) is 1.04. The number of hydrazone groups is 1. The summed E-state index contributed by atoms with van der Waals surface area (Å²) in [5.74, 6) is -0.530. The Balaban J connectivity index is 1.79. The molecular weight excluding hydrogens is 467 g/mol. The van der Waals surface area contributed by atoms with Crippen LogP contribution >= 0.6 is 0 Å². The number of rotatable bonds is 8. The third kappa shape index (κ3) is 6.31. The van der Waals surface area contributed by atoms with E-state index >= 15 is 0 Å². The smallest absolute Gasteiger partial charge is 0.417 e. The Morgan fingerprint density at radius 1 is 1.26 bits per heavy atom. The van der Waals surface area contributed by atoms with Gasteiger partial charge in [0.05, 0.1) is 36.0 Å². The van der Waals surface area contributed by atoms with Crippen molar-refractivity contribution >= 4 is 17.4 Å². The summed E-state index contributed by atoms with van der Waals surface area (Å²) in [6.45, 7) is 4.71. The van der Waals surface area contributed by atoms with Gasteiger partial charge in [0.25, 0.3) is 5.91 Å². The maximum atomic E-state index is 13.5. The second-order valence-electron chi connectivity index (χ2n) is 7.18. The zero-order valence-corrected chi connectivity index (χ0v) is 18.5. The summed E-state index contributed by atoms with van der Waals surface area (Å²) >= 11 is 0. The van der Waals surface area contributed by atoms with Crippen LogP contribution in [0.4, 0.5) is 19.0 Å². The number of nitrogens with one attached hydrogen (secondary N) is 1. The van der Waals surface area contributed by atoms with E-state index < -0.39 is 30.4 Å². The lowest BCUT2D eigenvalue weighted by Crippen LogP contribution is -2.29. The molecule has 2 aromatic rings. The Hall–Kier alpha value is -4.03. The Morgan fingerprint density at radius 2 is 2.00 bits per heavy atom. The zero-order valence-electron chi connectivity index (χ0n) is 18.5. The van der Waals surface area contributed by atoms with Crippen molar-refractivity contribution in [1.29, 1.82) is 0 Å². The molecule has 1 aliphatic heterocycles. The molecule has 1 aromatic carbocycles. The van der Waals surface area contributed by atoms with Crippen molar-refractivity contribution in [3.05, 3.63) is 84.0 Å². The molecule has 1 amide bonds. The minimum absolute atomic E-state index is 0.00355.